The van der Waals surface area contributed by atoms with E-state index in [1.165, 1.54) is 16.8 Å². The van der Waals surface area contributed by atoms with Crippen LogP contribution in [0.3, 0.4) is 0 Å². The average molecular weight is 256 g/mol. The number of pyridine rings is 1. The fourth-order valence-corrected chi connectivity index (χ4v) is 1.97. The van der Waals surface area contributed by atoms with Crippen molar-refractivity contribution >= 4 is 11.5 Å². The van der Waals surface area contributed by atoms with E-state index in [0.29, 0.717) is 5.82 Å². The van der Waals surface area contributed by atoms with Gasteiger partial charge in [0.25, 0.3) is 0 Å². The number of hydrogen-bond donors (Lipinski definition) is 2. The SMILES string of the molecule is CCN(Cc1ccc(NN)nc1)c1ccc(C)cc1. The van der Waals surface area contributed by atoms with E-state index in [4.69, 9.17) is 5.84 Å². The normalized spacial score (nSPS) is 10.3. The Morgan fingerprint density at radius 3 is 2.42 bits per heavy atom. The maximum Gasteiger partial charge on any atom is 0.139 e. The average Bonchev–Trinajstić information content (AvgIpc) is 2.46. The molecule has 0 aliphatic heterocycles. The van der Waals surface area contributed by atoms with Crippen molar-refractivity contribution in [2.24, 2.45) is 5.84 Å². The number of hydrogen-bond acceptors (Lipinski definition) is 4. The molecule has 0 aliphatic carbocycles. The highest BCUT2D eigenvalue weighted by atomic mass is 15.2. The van der Waals surface area contributed by atoms with E-state index in [1.54, 1.807) is 0 Å². The summed E-state index contributed by atoms with van der Waals surface area (Å²) in [5, 5.41) is 0. The first-order valence-electron chi connectivity index (χ1n) is 6.46. The highest BCUT2D eigenvalue weighted by Gasteiger charge is 2.05. The van der Waals surface area contributed by atoms with Crippen molar-refractivity contribution in [2.75, 3.05) is 16.9 Å². The molecule has 4 heteroatoms. The number of hydrazine groups is 1. The fourth-order valence-electron chi connectivity index (χ4n) is 1.97. The van der Waals surface area contributed by atoms with Crippen LogP contribution in [-0.4, -0.2) is 11.5 Å². The Morgan fingerprint density at radius 2 is 1.89 bits per heavy atom. The third kappa shape index (κ3) is 3.45. The van der Waals surface area contributed by atoms with Crippen LogP contribution < -0.4 is 16.2 Å². The Morgan fingerprint density at radius 1 is 1.16 bits per heavy atom. The van der Waals surface area contributed by atoms with Gasteiger partial charge in [-0.3, -0.25) is 0 Å². The summed E-state index contributed by atoms with van der Waals surface area (Å²) in [4.78, 5) is 6.54. The number of nitrogens with zero attached hydrogens (tertiary/aromatic N) is 2. The van der Waals surface area contributed by atoms with E-state index in [9.17, 15) is 0 Å². The maximum absolute atomic E-state index is 5.31. The second-order valence-corrected chi connectivity index (χ2v) is 4.55. The zero-order valence-electron chi connectivity index (χ0n) is 11.4. The van der Waals surface area contributed by atoms with Gasteiger partial charge in [0.1, 0.15) is 5.82 Å². The van der Waals surface area contributed by atoms with E-state index < -0.39 is 0 Å². The number of anilines is 2. The molecule has 0 amide bonds. The van der Waals surface area contributed by atoms with Crippen LogP contribution in [0, 0.1) is 6.92 Å². The molecule has 2 aromatic rings. The van der Waals surface area contributed by atoms with Crippen molar-refractivity contribution in [2.45, 2.75) is 20.4 Å². The summed E-state index contributed by atoms with van der Waals surface area (Å²) < 4.78 is 0. The zero-order chi connectivity index (χ0) is 13.7. The van der Waals surface area contributed by atoms with Gasteiger partial charge in [0.05, 0.1) is 0 Å². The number of rotatable bonds is 5. The highest BCUT2D eigenvalue weighted by molar-refractivity contribution is 5.48. The molecule has 0 unspecified atom stereocenters. The minimum absolute atomic E-state index is 0.683. The molecule has 19 heavy (non-hydrogen) atoms. The lowest BCUT2D eigenvalue weighted by Gasteiger charge is -2.23. The van der Waals surface area contributed by atoms with Crippen molar-refractivity contribution in [1.29, 1.82) is 0 Å². The second-order valence-electron chi connectivity index (χ2n) is 4.55. The molecule has 0 saturated carbocycles. The molecule has 0 radical (unpaired) electrons. The largest absolute Gasteiger partial charge is 0.367 e. The number of nitrogens with one attached hydrogen (secondary N) is 1. The van der Waals surface area contributed by atoms with Crippen LogP contribution in [0.4, 0.5) is 11.5 Å². The summed E-state index contributed by atoms with van der Waals surface area (Å²) in [6.45, 7) is 6.06. The van der Waals surface area contributed by atoms with Crippen LogP contribution in [0.25, 0.3) is 0 Å². The lowest BCUT2D eigenvalue weighted by atomic mass is 10.2. The quantitative estimate of drug-likeness (QED) is 0.638. The predicted octanol–water partition coefficient (Wildman–Crippen LogP) is 2.70. The van der Waals surface area contributed by atoms with Gasteiger partial charge in [0.2, 0.25) is 0 Å². The second kappa shape index (κ2) is 6.20. The van der Waals surface area contributed by atoms with E-state index in [-0.39, 0.29) is 0 Å². The van der Waals surface area contributed by atoms with Gasteiger partial charge in [0, 0.05) is 25.0 Å². The summed E-state index contributed by atoms with van der Waals surface area (Å²) in [5.41, 5.74) is 6.21. The Kier molecular flexibility index (Phi) is 4.36. The molecule has 1 aromatic carbocycles. The first-order chi connectivity index (χ1) is 9.22. The van der Waals surface area contributed by atoms with Crippen LogP contribution in [0.1, 0.15) is 18.1 Å². The van der Waals surface area contributed by atoms with E-state index in [0.717, 1.165) is 13.1 Å². The Hall–Kier alpha value is -2.07. The molecule has 3 N–H and O–H groups in total. The standard InChI is InChI=1S/C15H20N4/c1-3-19(14-7-4-12(2)5-8-14)11-13-6-9-15(18-16)17-10-13/h4-10H,3,11,16H2,1-2H3,(H,17,18). The molecule has 0 saturated heterocycles. The van der Waals surface area contributed by atoms with Gasteiger partial charge in [0.15, 0.2) is 0 Å². The smallest absolute Gasteiger partial charge is 0.139 e. The van der Waals surface area contributed by atoms with E-state index in [2.05, 4.69) is 53.4 Å². The van der Waals surface area contributed by atoms with Crippen LogP contribution in [-0.2, 0) is 6.54 Å². The third-order valence-corrected chi connectivity index (χ3v) is 3.13. The number of nitrogens with two attached hydrogens (primary N) is 1. The first-order valence-corrected chi connectivity index (χ1v) is 6.46. The first kappa shape index (κ1) is 13.4. The minimum Gasteiger partial charge on any atom is -0.367 e. The van der Waals surface area contributed by atoms with Crippen molar-refractivity contribution in [1.82, 2.24) is 4.98 Å². The number of benzene rings is 1. The molecule has 1 aromatic heterocycles. The van der Waals surface area contributed by atoms with Crippen LogP contribution in [0.15, 0.2) is 42.6 Å². The van der Waals surface area contributed by atoms with Gasteiger partial charge < -0.3 is 10.3 Å². The topological polar surface area (TPSA) is 54.2 Å². The fraction of sp³-hybridized carbons (Fsp3) is 0.267. The zero-order valence-corrected chi connectivity index (χ0v) is 11.4. The molecule has 0 fully saturated rings. The van der Waals surface area contributed by atoms with Crippen molar-refractivity contribution in [3.05, 3.63) is 53.7 Å². The minimum atomic E-state index is 0.683. The van der Waals surface area contributed by atoms with Crippen molar-refractivity contribution < 1.29 is 0 Å². The van der Waals surface area contributed by atoms with Gasteiger partial charge in [-0.05, 0) is 37.6 Å². The molecule has 0 atom stereocenters. The predicted molar refractivity (Wildman–Crippen MR) is 80.0 cm³/mol. The van der Waals surface area contributed by atoms with Crippen LogP contribution in [0.5, 0.6) is 0 Å². The summed E-state index contributed by atoms with van der Waals surface area (Å²) in [7, 11) is 0. The summed E-state index contributed by atoms with van der Waals surface area (Å²) >= 11 is 0. The Balaban J connectivity index is 2.11. The molecule has 0 spiro atoms. The van der Waals surface area contributed by atoms with Gasteiger partial charge in [-0.2, -0.15) is 0 Å². The number of aryl methyl sites for hydroxylation is 1. The molecular formula is C15H20N4. The third-order valence-electron chi connectivity index (χ3n) is 3.13. The summed E-state index contributed by atoms with van der Waals surface area (Å²) in [5.74, 6) is 5.99. The molecule has 0 aliphatic rings. The highest BCUT2D eigenvalue weighted by Crippen LogP contribution is 2.17. The van der Waals surface area contributed by atoms with Gasteiger partial charge in [-0.1, -0.05) is 23.8 Å². The van der Waals surface area contributed by atoms with Gasteiger partial charge in [-0.15, -0.1) is 0 Å². The van der Waals surface area contributed by atoms with Crippen molar-refractivity contribution in [3.8, 4) is 0 Å². The van der Waals surface area contributed by atoms with Gasteiger partial charge >= 0.3 is 0 Å². The lowest BCUT2D eigenvalue weighted by Crippen LogP contribution is -2.22. The maximum atomic E-state index is 5.31. The number of nitrogen functional groups attached to an aromatic ring is 1. The molecule has 2 rings (SSSR count). The lowest BCUT2D eigenvalue weighted by molar-refractivity contribution is 0.828. The summed E-state index contributed by atoms with van der Waals surface area (Å²) in [6.07, 6.45) is 1.85. The molecule has 0 bridgehead atoms. The summed E-state index contributed by atoms with van der Waals surface area (Å²) in [6, 6.07) is 12.5. The Bertz CT molecular complexity index is 505. The molecule has 100 valence electrons. The molecular weight excluding hydrogens is 236 g/mol. The van der Waals surface area contributed by atoms with Crippen LogP contribution >= 0.6 is 0 Å². The molecule has 4 nitrogen and oxygen atoms in total. The number of aromatic nitrogens is 1. The van der Waals surface area contributed by atoms with E-state index in [1.807, 2.05) is 18.3 Å². The Labute approximate surface area is 114 Å². The van der Waals surface area contributed by atoms with Crippen molar-refractivity contribution in [3.63, 3.8) is 0 Å². The van der Waals surface area contributed by atoms with Gasteiger partial charge in [-0.25, -0.2) is 10.8 Å². The monoisotopic (exact) mass is 256 g/mol. The van der Waals surface area contributed by atoms with E-state index >= 15 is 0 Å². The van der Waals surface area contributed by atoms with Crippen LogP contribution in [0.2, 0.25) is 0 Å². The molecule has 1 heterocycles.